The molecule has 0 amide bonds. The van der Waals surface area contributed by atoms with Crippen LogP contribution in [0.2, 0.25) is 0 Å². The van der Waals surface area contributed by atoms with Gasteiger partial charge in [0.25, 0.3) is 0 Å². The van der Waals surface area contributed by atoms with Crippen LogP contribution in [0.15, 0.2) is 34.9 Å². The Balaban J connectivity index is 2.35. The zero-order chi connectivity index (χ0) is 14.0. The molecule has 3 nitrogen and oxygen atoms in total. The van der Waals surface area contributed by atoms with Crippen LogP contribution in [0.5, 0.6) is 0 Å². The highest BCUT2D eigenvalue weighted by molar-refractivity contribution is 9.10. The highest BCUT2D eigenvalue weighted by Crippen LogP contribution is 2.24. The van der Waals surface area contributed by atoms with Crippen LogP contribution in [0.25, 0.3) is 0 Å². The van der Waals surface area contributed by atoms with Gasteiger partial charge in [-0.15, -0.1) is 0 Å². The smallest absolute Gasteiger partial charge is 0.153 e. The highest BCUT2D eigenvalue weighted by atomic mass is 79.9. The van der Waals surface area contributed by atoms with Crippen molar-refractivity contribution in [1.29, 1.82) is 0 Å². The molecule has 2 aromatic rings. The number of hydrogen-bond acceptors (Lipinski definition) is 2. The third-order valence-corrected chi connectivity index (χ3v) is 3.69. The first-order valence-electron chi connectivity index (χ1n) is 6.18. The van der Waals surface area contributed by atoms with Crippen molar-refractivity contribution in [3.05, 3.63) is 51.8 Å². The molecule has 1 aromatic heterocycles. The number of halogens is 1. The van der Waals surface area contributed by atoms with E-state index in [1.54, 1.807) is 0 Å². The third-order valence-electron chi connectivity index (χ3n) is 2.92. The molecule has 0 saturated heterocycles. The minimum Gasteiger partial charge on any atom is -0.298 e. The van der Waals surface area contributed by atoms with Crippen LogP contribution in [0.4, 0.5) is 0 Å². The van der Waals surface area contributed by atoms with Gasteiger partial charge in [0.05, 0.1) is 17.8 Å². The molecule has 100 valence electrons. The van der Waals surface area contributed by atoms with Gasteiger partial charge in [-0.25, -0.2) is 0 Å². The predicted molar refractivity (Wildman–Crippen MR) is 79.6 cm³/mol. The maximum absolute atomic E-state index is 11.1. The van der Waals surface area contributed by atoms with Crippen LogP contribution in [-0.4, -0.2) is 16.1 Å². The summed E-state index contributed by atoms with van der Waals surface area (Å²) in [5, 5.41) is 4.55. The summed E-state index contributed by atoms with van der Waals surface area (Å²) in [6.07, 6.45) is 2.69. The first-order chi connectivity index (χ1) is 8.91. The normalized spacial score (nSPS) is 11.6. The minimum atomic E-state index is -0.130. The second-order valence-corrected chi connectivity index (χ2v) is 6.44. The first-order valence-corrected chi connectivity index (χ1v) is 6.97. The Bertz CT molecular complexity index is 596. The quantitative estimate of drug-likeness (QED) is 0.806. The first kappa shape index (κ1) is 14.0. The summed E-state index contributed by atoms with van der Waals surface area (Å²) >= 11 is 3.52. The van der Waals surface area contributed by atoms with Gasteiger partial charge in [-0.3, -0.25) is 9.48 Å². The van der Waals surface area contributed by atoms with Gasteiger partial charge in [0.1, 0.15) is 0 Å². The van der Waals surface area contributed by atoms with E-state index >= 15 is 0 Å². The summed E-state index contributed by atoms with van der Waals surface area (Å²) in [6, 6.07) is 8.02. The Hall–Kier alpha value is -1.42. The monoisotopic (exact) mass is 320 g/mol. The van der Waals surface area contributed by atoms with Crippen molar-refractivity contribution < 1.29 is 4.79 Å². The van der Waals surface area contributed by atoms with Crippen molar-refractivity contribution in [2.24, 2.45) is 0 Å². The maximum Gasteiger partial charge on any atom is 0.153 e. The summed E-state index contributed by atoms with van der Waals surface area (Å²) in [4.78, 5) is 11.1. The van der Waals surface area contributed by atoms with E-state index in [1.165, 1.54) is 0 Å². The van der Waals surface area contributed by atoms with Gasteiger partial charge in [0.15, 0.2) is 6.29 Å². The molecule has 4 heteroatoms. The molecular weight excluding hydrogens is 304 g/mol. The maximum atomic E-state index is 11.1. The lowest BCUT2D eigenvalue weighted by Gasteiger charge is -2.15. The van der Waals surface area contributed by atoms with Gasteiger partial charge in [0, 0.05) is 16.1 Å². The summed E-state index contributed by atoms with van der Waals surface area (Å²) < 4.78 is 2.88. The highest BCUT2D eigenvalue weighted by Gasteiger charge is 2.22. The summed E-state index contributed by atoms with van der Waals surface area (Å²) in [5.74, 6) is 0. The van der Waals surface area contributed by atoms with Crippen molar-refractivity contribution >= 4 is 22.2 Å². The number of nitrogens with zero attached hydrogens (tertiary/aromatic N) is 2. The lowest BCUT2D eigenvalue weighted by molar-refractivity contribution is 0.112. The molecule has 0 atom stereocenters. The SMILES string of the molecule is CC(C)(C)c1nn(Cc2ccccc2Br)cc1C=O. The largest absolute Gasteiger partial charge is 0.298 e. The summed E-state index contributed by atoms with van der Waals surface area (Å²) in [5.41, 5.74) is 2.52. The fourth-order valence-corrected chi connectivity index (χ4v) is 2.40. The van der Waals surface area contributed by atoms with E-state index < -0.39 is 0 Å². The van der Waals surface area contributed by atoms with Crippen LogP contribution in [0.1, 0.15) is 42.4 Å². The van der Waals surface area contributed by atoms with Crippen molar-refractivity contribution in [3.8, 4) is 0 Å². The molecule has 0 saturated carbocycles. The van der Waals surface area contributed by atoms with Crippen LogP contribution >= 0.6 is 15.9 Å². The van der Waals surface area contributed by atoms with E-state index in [2.05, 4.69) is 41.8 Å². The molecule has 0 bridgehead atoms. The lowest BCUT2D eigenvalue weighted by Crippen LogP contribution is -2.15. The van der Waals surface area contributed by atoms with E-state index in [9.17, 15) is 4.79 Å². The number of aldehydes is 1. The summed E-state index contributed by atoms with van der Waals surface area (Å²) in [6.45, 7) is 6.83. The average molecular weight is 321 g/mol. The molecule has 0 unspecified atom stereocenters. The Morgan fingerprint density at radius 2 is 2.00 bits per heavy atom. The van der Waals surface area contributed by atoms with Crippen molar-refractivity contribution in [2.45, 2.75) is 32.7 Å². The number of benzene rings is 1. The molecule has 0 radical (unpaired) electrons. The summed E-state index contributed by atoms with van der Waals surface area (Å²) in [7, 11) is 0. The van der Waals surface area contributed by atoms with Gasteiger partial charge in [-0.2, -0.15) is 5.10 Å². The van der Waals surface area contributed by atoms with E-state index in [1.807, 2.05) is 35.1 Å². The molecule has 1 aromatic carbocycles. The second-order valence-electron chi connectivity index (χ2n) is 5.59. The lowest BCUT2D eigenvalue weighted by atomic mass is 9.90. The Labute approximate surface area is 121 Å². The predicted octanol–water partition coefficient (Wildman–Crippen LogP) is 3.80. The Morgan fingerprint density at radius 3 is 2.53 bits per heavy atom. The topological polar surface area (TPSA) is 34.9 Å². The third kappa shape index (κ3) is 3.13. The Kier molecular flexibility index (Phi) is 3.90. The van der Waals surface area contributed by atoms with Crippen LogP contribution in [0.3, 0.4) is 0 Å². The van der Waals surface area contributed by atoms with E-state index in [-0.39, 0.29) is 5.41 Å². The van der Waals surface area contributed by atoms with Gasteiger partial charge in [-0.05, 0) is 11.6 Å². The van der Waals surface area contributed by atoms with E-state index in [0.29, 0.717) is 12.1 Å². The standard InChI is InChI=1S/C15H17BrN2O/c1-15(2,3)14-12(10-19)9-18(17-14)8-11-6-4-5-7-13(11)16/h4-7,9-10H,8H2,1-3H3. The second kappa shape index (κ2) is 5.29. The molecule has 0 aliphatic carbocycles. The fraction of sp³-hybridized carbons (Fsp3) is 0.333. The minimum absolute atomic E-state index is 0.130. The molecule has 0 fully saturated rings. The molecule has 0 N–H and O–H groups in total. The van der Waals surface area contributed by atoms with E-state index in [0.717, 1.165) is 22.0 Å². The fourth-order valence-electron chi connectivity index (χ4n) is 1.99. The zero-order valence-electron chi connectivity index (χ0n) is 11.4. The van der Waals surface area contributed by atoms with Crippen LogP contribution < -0.4 is 0 Å². The number of aromatic nitrogens is 2. The molecule has 1 heterocycles. The van der Waals surface area contributed by atoms with Gasteiger partial charge < -0.3 is 0 Å². The van der Waals surface area contributed by atoms with Crippen molar-refractivity contribution in [2.75, 3.05) is 0 Å². The van der Waals surface area contributed by atoms with Gasteiger partial charge in [-0.1, -0.05) is 54.9 Å². The molecular formula is C15H17BrN2O. The number of carbonyl (C=O) groups is 1. The van der Waals surface area contributed by atoms with Crippen molar-refractivity contribution in [3.63, 3.8) is 0 Å². The molecule has 19 heavy (non-hydrogen) atoms. The van der Waals surface area contributed by atoms with Crippen LogP contribution in [-0.2, 0) is 12.0 Å². The molecule has 2 rings (SSSR count). The Morgan fingerprint density at radius 1 is 1.32 bits per heavy atom. The number of rotatable bonds is 3. The van der Waals surface area contributed by atoms with Crippen LogP contribution in [0, 0.1) is 0 Å². The van der Waals surface area contributed by atoms with Crippen molar-refractivity contribution in [1.82, 2.24) is 9.78 Å². The number of hydrogen-bond donors (Lipinski definition) is 0. The van der Waals surface area contributed by atoms with Gasteiger partial charge in [0.2, 0.25) is 0 Å². The zero-order valence-corrected chi connectivity index (χ0v) is 12.9. The van der Waals surface area contributed by atoms with Gasteiger partial charge >= 0.3 is 0 Å². The van der Waals surface area contributed by atoms with E-state index in [4.69, 9.17) is 0 Å². The number of carbonyl (C=O) groups excluding carboxylic acids is 1. The molecule has 0 aliphatic heterocycles. The average Bonchev–Trinajstić information content (AvgIpc) is 2.75. The molecule has 0 spiro atoms. The molecule has 0 aliphatic rings.